The molecule has 0 saturated heterocycles. The number of aromatic nitrogens is 1. The number of fused-ring (bicyclic) bond motifs is 1. The number of hydrogen-bond acceptors (Lipinski definition) is 6. The molecule has 0 bridgehead atoms. The van der Waals surface area contributed by atoms with Crippen LogP contribution in [0.3, 0.4) is 0 Å². The molecule has 2 aromatic carbocycles. The first-order chi connectivity index (χ1) is 15.5. The number of carbonyl (C=O) groups excluding carboxylic acids is 1. The first-order valence-corrected chi connectivity index (χ1v) is 11.3. The zero-order valence-electron chi connectivity index (χ0n) is 18.2. The molecule has 2 heterocycles. The van der Waals surface area contributed by atoms with Gasteiger partial charge in [0, 0.05) is 5.56 Å². The number of rotatable bonds is 6. The molecule has 0 N–H and O–H groups in total. The summed E-state index contributed by atoms with van der Waals surface area (Å²) in [5.41, 5.74) is 2.37. The minimum atomic E-state index is -0.601. The van der Waals surface area contributed by atoms with Crippen molar-refractivity contribution in [3.63, 3.8) is 0 Å². The maximum atomic E-state index is 13.6. The Morgan fingerprint density at radius 1 is 1.09 bits per heavy atom. The predicted molar refractivity (Wildman–Crippen MR) is 124 cm³/mol. The Morgan fingerprint density at radius 2 is 1.81 bits per heavy atom. The molecule has 1 aromatic heterocycles. The zero-order valence-corrected chi connectivity index (χ0v) is 19.0. The first-order valence-electron chi connectivity index (χ1n) is 10.5. The highest BCUT2D eigenvalue weighted by Gasteiger charge is 2.33. The van der Waals surface area contributed by atoms with Crippen molar-refractivity contribution in [1.82, 2.24) is 4.57 Å². The molecule has 6 nitrogen and oxygen atoms in total. The van der Waals surface area contributed by atoms with Crippen LogP contribution in [0.15, 0.2) is 75.7 Å². The van der Waals surface area contributed by atoms with Gasteiger partial charge >= 0.3 is 5.97 Å². The number of carbonyl (C=O) groups is 1. The van der Waals surface area contributed by atoms with Crippen LogP contribution in [0.1, 0.15) is 37.9 Å². The predicted octanol–water partition coefficient (Wildman–Crippen LogP) is 3.20. The minimum absolute atomic E-state index is 0.205. The van der Waals surface area contributed by atoms with Gasteiger partial charge in [0.05, 0.1) is 35.1 Å². The van der Waals surface area contributed by atoms with Crippen LogP contribution >= 0.6 is 11.3 Å². The lowest BCUT2D eigenvalue weighted by Crippen LogP contribution is -2.39. The van der Waals surface area contributed by atoms with Gasteiger partial charge in [0.1, 0.15) is 5.75 Å². The SMILES string of the molecule is CCOC(=O)C1=C(C)N=c2s/c(=C/c3ccccc3OCC)c(=O)n2[C@H]1c1ccccc1. The van der Waals surface area contributed by atoms with Gasteiger partial charge in [-0.2, -0.15) is 0 Å². The second-order valence-electron chi connectivity index (χ2n) is 7.18. The van der Waals surface area contributed by atoms with Gasteiger partial charge in [-0.25, -0.2) is 9.79 Å². The highest BCUT2D eigenvalue weighted by atomic mass is 32.1. The summed E-state index contributed by atoms with van der Waals surface area (Å²) in [7, 11) is 0. The smallest absolute Gasteiger partial charge is 0.338 e. The van der Waals surface area contributed by atoms with E-state index in [1.54, 1.807) is 18.4 Å². The fourth-order valence-corrected chi connectivity index (χ4v) is 4.81. The van der Waals surface area contributed by atoms with Crippen molar-refractivity contribution >= 4 is 23.4 Å². The maximum absolute atomic E-state index is 13.6. The van der Waals surface area contributed by atoms with E-state index < -0.39 is 12.0 Å². The highest BCUT2D eigenvalue weighted by molar-refractivity contribution is 7.07. The molecule has 164 valence electrons. The number of nitrogens with zero attached hydrogens (tertiary/aromatic N) is 2. The number of para-hydroxylation sites is 1. The van der Waals surface area contributed by atoms with Crippen LogP contribution < -0.4 is 19.6 Å². The van der Waals surface area contributed by atoms with Gasteiger partial charge < -0.3 is 9.47 Å². The van der Waals surface area contributed by atoms with Crippen molar-refractivity contribution in [3.05, 3.63) is 96.7 Å². The third kappa shape index (κ3) is 4.03. The zero-order chi connectivity index (χ0) is 22.7. The Bertz CT molecular complexity index is 1350. The van der Waals surface area contributed by atoms with Crippen molar-refractivity contribution in [2.45, 2.75) is 26.8 Å². The molecule has 32 heavy (non-hydrogen) atoms. The number of thiazole rings is 1. The topological polar surface area (TPSA) is 69.9 Å². The van der Waals surface area contributed by atoms with Crippen molar-refractivity contribution in [2.24, 2.45) is 4.99 Å². The summed E-state index contributed by atoms with van der Waals surface area (Å²) in [5, 5.41) is 0. The van der Waals surface area contributed by atoms with Crippen LogP contribution in [0.25, 0.3) is 6.08 Å². The van der Waals surface area contributed by atoms with E-state index in [9.17, 15) is 9.59 Å². The molecule has 4 rings (SSSR count). The van der Waals surface area contributed by atoms with Crippen LogP contribution in [-0.2, 0) is 9.53 Å². The summed E-state index contributed by atoms with van der Waals surface area (Å²) in [6, 6.07) is 16.5. The van der Waals surface area contributed by atoms with Gasteiger partial charge in [-0.1, -0.05) is 59.9 Å². The van der Waals surface area contributed by atoms with Gasteiger partial charge in [0.15, 0.2) is 4.80 Å². The molecular weight excluding hydrogens is 424 g/mol. The average Bonchev–Trinajstić information content (AvgIpc) is 3.09. The molecule has 1 atom stereocenters. The Kier molecular flexibility index (Phi) is 6.37. The number of esters is 1. The van der Waals surface area contributed by atoms with Crippen LogP contribution in [-0.4, -0.2) is 23.8 Å². The molecule has 3 aromatic rings. The average molecular weight is 449 g/mol. The van der Waals surface area contributed by atoms with Crippen molar-refractivity contribution in [3.8, 4) is 5.75 Å². The van der Waals surface area contributed by atoms with E-state index in [0.717, 1.165) is 11.1 Å². The minimum Gasteiger partial charge on any atom is -0.493 e. The number of ether oxygens (including phenoxy) is 2. The summed E-state index contributed by atoms with van der Waals surface area (Å²) in [6.45, 7) is 6.24. The molecule has 1 aliphatic heterocycles. The van der Waals surface area contributed by atoms with Gasteiger partial charge in [-0.05, 0) is 38.5 Å². The lowest BCUT2D eigenvalue weighted by Gasteiger charge is -2.24. The fraction of sp³-hybridized carbons (Fsp3) is 0.240. The number of hydrogen-bond donors (Lipinski definition) is 0. The summed E-state index contributed by atoms with van der Waals surface area (Å²) in [5.74, 6) is 0.252. The highest BCUT2D eigenvalue weighted by Crippen LogP contribution is 2.30. The first kappa shape index (κ1) is 21.8. The Morgan fingerprint density at radius 3 is 2.53 bits per heavy atom. The van der Waals surface area contributed by atoms with Crippen LogP contribution in [0.2, 0.25) is 0 Å². The second-order valence-corrected chi connectivity index (χ2v) is 8.19. The third-order valence-corrected chi connectivity index (χ3v) is 6.12. The van der Waals surface area contributed by atoms with Gasteiger partial charge in [0.2, 0.25) is 0 Å². The van der Waals surface area contributed by atoms with Crippen LogP contribution in [0.4, 0.5) is 0 Å². The number of allylic oxidation sites excluding steroid dienone is 1. The van der Waals surface area contributed by atoms with E-state index in [1.807, 2.05) is 67.6 Å². The summed E-state index contributed by atoms with van der Waals surface area (Å²) in [4.78, 5) is 31.6. The quantitative estimate of drug-likeness (QED) is 0.543. The summed E-state index contributed by atoms with van der Waals surface area (Å²) < 4.78 is 13.1. The van der Waals surface area contributed by atoms with Crippen LogP contribution in [0, 0.1) is 0 Å². The fourth-order valence-electron chi connectivity index (χ4n) is 3.77. The Balaban J connectivity index is 1.94. The lowest BCUT2D eigenvalue weighted by atomic mass is 9.96. The normalized spacial score (nSPS) is 15.8. The van der Waals surface area contributed by atoms with Gasteiger partial charge in [-0.15, -0.1) is 0 Å². The Labute approximate surface area is 189 Å². The molecule has 0 fully saturated rings. The lowest BCUT2D eigenvalue weighted by molar-refractivity contribution is -0.139. The van der Waals surface area contributed by atoms with E-state index in [2.05, 4.69) is 4.99 Å². The molecule has 0 amide bonds. The van der Waals surface area contributed by atoms with Crippen LogP contribution in [0.5, 0.6) is 5.75 Å². The molecule has 0 saturated carbocycles. The van der Waals surface area contributed by atoms with E-state index in [0.29, 0.717) is 33.0 Å². The summed E-state index contributed by atoms with van der Waals surface area (Å²) in [6.07, 6.45) is 1.82. The molecule has 0 unspecified atom stereocenters. The van der Waals surface area contributed by atoms with Crippen molar-refractivity contribution in [1.29, 1.82) is 0 Å². The van der Waals surface area contributed by atoms with E-state index >= 15 is 0 Å². The monoisotopic (exact) mass is 448 g/mol. The molecule has 0 radical (unpaired) electrons. The van der Waals surface area contributed by atoms with E-state index in [4.69, 9.17) is 9.47 Å². The van der Waals surface area contributed by atoms with Gasteiger partial charge in [-0.3, -0.25) is 9.36 Å². The maximum Gasteiger partial charge on any atom is 0.338 e. The van der Waals surface area contributed by atoms with Crippen molar-refractivity contribution < 1.29 is 14.3 Å². The molecule has 7 heteroatoms. The van der Waals surface area contributed by atoms with Crippen molar-refractivity contribution in [2.75, 3.05) is 13.2 Å². The Hall–Kier alpha value is -3.45. The second kappa shape index (κ2) is 9.36. The molecule has 1 aliphatic rings. The molecule has 0 aliphatic carbocycles. The molecule has 0 spiro atoms. The number of benzene rings is 2. The largest absolute Gasteiger partial charge is 0.493 e. The van der Waals surface area contributed by atoms with Gasteiger partial charge in [0.25, 0.3) is 5.56 Å². The third-order valence-electron chi connectivity index (χ3n) is 5.14. The molecular formula is C25H24N2O4S. The standard InChI is InChI=1S/C25H24N2O4S/c1-4-30-19-14-10-9-13-18(19)15-20-23(28)27-22(17-11-7-6-8-12-17)21(24(29)31-5-2)16(3)26-25(27)32-20/h6-15,22H,4-5H2,1-3H3/b20-15+/t22-/m0/s1. The van der Waals surface area contributed by atoms with E-state index in [1.165, 1.54) is 11.3 Å². The summed E-state index contributed by atoms with van der Waals surface area (Å²) >= 11 is 1.30. The van der Waals surface area contributed by atoms with E-state index in [-0.39, 0.29) is 12.2 Å².